The lowest BCUT2D eigenvalue weighted by atomic mass is 9.81. The molecule has 2 aromatic rings. The highest BCUT2D eigenvalue weighted by Gasteiger charge is 2.31. The average Bonchev–Trinajstić information content (AvgIpc) is 3.34. The molecule has 1 aliphatic carbocycles. The molecule has 4 rings (SSSR count). The summed E-state index contributed by atoms with van der Waals surface area (Å²) in [5.41, 5.74) is 0.817. The monoisotopic (exact) mass is 1040 g/mol. The molecular formula is C51H73N7O16. The van der Waals surface area contributed by atoms with E-state index in [4.69, 9.17) is 5.11 Å². The van der Waals surface area contributed by atoms with Crippen molar-refractivity contribution in [3.8, 4) is 0 Å². The number of carboxylic acids is 6. The highest BCUT2D eigenvalue weighted by Crippen LogP contribution is 2.29. The number of ketones is 1. The molecule has 0 spiro atoms. The smallest absolute Gasteiger partial charge is 0.317 e. The van der Waals surface area contributed by atoms with Crippen molar-refractivity contribution in [1.29, 1.82) is 0 Å². The van der Waals surface area contributed by atoms with E-state index in [2.05, 4.69) is 16.0 Å². The third-order valence-electron chi connectivity index (χ3n) is 13.7. The fourth-order valence-corrected chi connectivity index (χ4v) is 9.44. The molecule has 74 heavy (non-hydrogen) atoms. The van der Waals surface area contributed by atoms with E-state index >= 15 is 0 Å². The number of benzene rings is 2. The summed E-state index contributed by atoms with van der Waals surface area (Å²) in [4.78, 5) is 130. The van der Waals surface area contributed by atoms with Crippen LogP contribution < -0.4 is 16.0 Å². The highest BCUT2D eigenvalue weighted by atomic mass is 16.4. The predicted molar refractivity (Wildman–Crippen MR) is 267 cm³/mol. The topological polar surface area (TPSA) is 341 Å². The third-order valence-corrected chi connectivity index (χ3v) is 13.7. The van der Waals surface area contributed by atoms with E-state index in [1.165, 1.54) is 0 Å². The summed E-state index contributed by atoms with van der Waals surface area (Å²) in [7, 11) is 0. The van der Waals surface area contributed by atoms with Crippen LogP contribution in [0.1, 0.15) is 76.2 Å². The SMILES string of the molecule is O=C(O)CCC(CC(=O)CC(CCCCNC(=O)C(Cc1ccc2ccccc2c1)NC(=O)C1CCC(CNC(=O)CN2CCN(CC(=O)O)CCN(CC(=O)O)CCN(CC(=O)O)CC2)CC1)C(=O)O)C(=O)O. The van der Waals surface area contributed by atoms with Gasteiger partial charge in [-0.25, -0.2) is 0 Å². The van der Waals surface area contributed by atoms with Gasteiger partial charge in [-0.2, -0.15) is 0 Å². The van der Waals surface area contributed by atoms with Crippen molar-refractivity contribution in [2.24, 2.45) is 23.7 Å². The largest absolute Gasteiger partial charge is 0.481 e. The second-order valence-corrected chi connectivity index (χ2v) is 19.5. The van der Waals surface area contributed by atoms with Crippen LogP contribution in [0, 0.1) is 23.7 Å². The van der Waals surface area contributed by atoms with Gasteiger partial charge >= 0.3 is 35.8 Å². The summed E-state index contributed by atoms with van der Waals surface area (Å²) in [6, 6.07) is 12.6. The first-order valence-electron chi connectivity index (χ1n) is 25.3. The van der Waals surface area contributed by atoms with Crippen molar-refractivity contribution in [2.75, 3.05) is 91.6 Å². The van der Waals surface area contributed by atoms with Crippen molar-refractivity contribution >= 4 is 70.1 Å². The first-order valence-corrected chi connectivity index (χ1v) is 25.3. The number of carbonyl (C=O) groups is 10. The average molecular weight is 1040 g/mol. The Hall–Kier alpha value is -6.56. The molecule has 1 heterocycles. The van der Waals surface area contributed by atoms with Gasteiger partial charge in [0.1, 0.15) is 11.8 Å². The zero-order valence-corrected chi connectivity index (χ0v) is 41.9. The van der Waals surface area contributed by atoms with Gasteiger partial charge in [-0.1, -0.05) is 48.9 Å². The van der Waals surface area contributed by atoms with Crippen molar-refractivity contribution in [2.45, 2.75) is 83.1 Å². The van der Waals surface area contributed by atoms with Gasteiger partial charge in [0.05, 0.1) is 38.0 Å². The molecular weight excluding hydrogens is 967 g/mol. The predicted octanol–water partition coefficient (Wildman–Crippen LogP) is 1.17. The molecule has 1 saturated carbocycles. The van der Waals surface area contributed by atoms with Crippen LogP contribution in [-0.2, 0) is 54.4 Å². The second kappa shape index (κ2) is 31.2. The molecule has 2 fully saturated rings. The first kappa shape index (κ1) is 60.0. The number of hydrogen-bond acceptors (Lipinski definition) is 14. The Morgan fingerprint density at radius 2 is 1.05 bits per heavy atom. The minimum absolute atomic E-state index is 0.0232. The van der Waals surface area contributed by atoms with Gasteiger partial charge in [0, 0.05) is 97.0 Å². The molecule has 9 N–H and O–H groups in total. The van der Waals surface area contributed by atoms with E-state index in [1.807, 2.05) is 47.4 Å². The number of nitrogens with one attached hydrogen (secondary N) is 3. The normalized spacial score (nSPS) is 18.9. The van der Waals surface area contributed by atoms with Crippen LogP contribution in [0.15, 0.2) is 42.5 Å². The van der Waals surface area contributed by atoms with Gasteiger partial charge in [-0.15, -0.1) is 0 Å². The van der Waals surface area contributed by atoms with Crippen LogP contribution >= 0.6 is 0 Å². The molecule has 3 atom stereocenters. The number of carbonyl (C=O) groups excluding carboxylic acids is 4. The molecule has 1 aliphatic heterocycles. The van der Waals surface area contributed by atoms with Crippen LogP contribution in [0.25, 0.3) is 10.8 Å². The van der Waals surface area contributed by atoms with E-state index in [0.29, 0.717) is 58.2 Å². The van der Waals surface area contributed by atoms with Crippen LogP contribution in [-0.4, -0.2) is 207 Å². The molecule has 2 aliphatic rings. The van der Waals surface area contributed by atoms with Gasteiger partial charge in [0.25, 0.3) is 0 Å². The molecule has 0 radical (unpaired) electrons. The van der Waals surface area contributed by atoms with Crippen LogP contribution in [0.5, 0.6) is 0 Å². The maximum Gasteiger partial charge on any atom is 0.317 e. The van der Waals surface area contributed by atoms with E-state index in [0.717, 1.165) is 16.3 Å². The number of carboxylic acid groups (broad SMARTS) is 6. The number of Topliss-reactive ketones (excluding diaryl/α,β-unsaturated/α-hetero) is 1. The number of aliphatic carboxylic acids is 6. The first-order chi connectivity index (χ1) is 35.2. The highest BCUT2D eigenvalue weighted by molar-refractivity contribution is 5.90. The number of hydrogen-bond donors (Lipinski definition) is 9. The van der Waals surface area contributed by atoms with Crippen LogP contribution in [0.4, 0.5) is 0 Å². The zero-order chi connectivity index (χ0) is 54.2. The Kier molecular flexibility index (Phi) is 25.3. The van der Waals surface area contributed by atoms with Gasteiger partial charge in [0.2, 0.25) is 17.7 Å². The van der Waals surface area contributed by atoms with E-state index in [9.17, 15) is 73.5 Å². The van der Waals surface area contributed by atoms with Crippen molar-refractivity contribution in [3.63, 3.8) is 0 Å². The van der Waals surface area contributed by atoms with Gasteiger partial charge in [0.15, 0.2) is 0 Å². The molecule has 0 bridgehead atoms. The summed E-state index contributed by atoms with van der Waals surface area (Å²) >= 11 is 0. The number of unbranched alkanes of at least 4 members (excludes halogenated alkanes) is 1. The lowest BCUT2D eigenvalue weighted by Crippen LogP contribution is -2.50. The minimum atomic E-state index is -1.33. The van der Waals surface area contributed by atoms with Gasteiger partial charge in [-0.05, 0) is 67.2 Å². The molecule has 1 saturated heterocycles. The molecule has 2 aromatic carbocycles. The van der Waals surface area contributed by atoms with Crippen molar-refractivity contribution < 1.29 is 78.6 Å². The Balaban J connectivity index is 1.30. The Morgan fingerprint density at radius 3 is 1.55 bits per heavy atom. The van der Waals surface area contributed by atoms with Crippen LogP contribution in [0.2, 0.25) is 0 Å². The number of nitrogens with zero attached hydrogens (tertiary/aromatic N) is 4. The maximum absolute atomic E-state index is 13.8. The lowest BCUT2D eigenvalue weighted by Gasteiger charge is -2.33. The Labute approximate surface area is 429 Å². The van der Waals surface area contributed by atoms with E-state index < -0.39 is 90.6 Å². The Bertz CT molecular complexity index is 2220. The van der Waals surface area contributed by atoms with Gasteiger partial charge < -0.3 is 46.6 Å². The second-order valence-electron chi connectivity index (χ2n) is 19.5. The number of fused-ring (bicyclic) bond motifs is 1. The summed E-state index contributed by atoms with van der Waals surface area (Å²) in [6.07, 6.45) is 1.62. The van der Waals surface area contributed by atoms with E-state index in [1.54, 1.807) is 14.7 Å². The molecule has 408 valence electrons. The van der Waals surface area contributed by atoms with Crippen molar-refractivity contribution in [1.82, 2.24) is 35.6 Å². The number of amides is 3. The minimum Gasteiger partial charge on any atom is -0.481 e. The molecule has 0 aromatic heterocycles. The molecule has 3 amide bonds. The number of rotatable bonds is 29. The molecule has 23 heteroatoms. The van der Waals surface area contributed by atoms with E-state index in [-0.39, 0.29) is 109 Å². The zero-order valence-electron chi connectivity index (χ0n) is 41.9. The van der Waals surface area contributed by atoms with Crippen LogP contribution in [0.3, 0.4) is 0 Å². The van der Waals surface area contributed by atoms with Crippen molar-refractivity contribution in [3.05, 3.63) is 48.0 Å². The lowest BCUT2D eigenvalue weighted by molar-refractivity contribution is -0.146. The quantitative estimate of drug-likeness (QED) is 0.0516. The summed E-state index contributed by atoms with van der Waals surface area (Å²) in [5, 5.41) is 67.4. The Morgan fingerprint density at radius 1 is 0.554 bits per heavy atom. The van der Waals surface area contributed by atoms with Gasteiger partial charge in [-0.3, -0.25) is 67.5 Å². The maximum atomic E-state index is 13.8. The summed E-state index contributed by atoms with van der Waals surface area (Å²) in [5.74, 6) is -11.2. The molecule has 3 unspecified atom stereocenters. The fourth-order valence-electron chi connectivity index (χ4n) is 9.44. The fraction of sp³-hybridized carbons (Fsp3) is 0.608. The molecule has 23 nitrogen and oxygen atoms in total. The summed E-state index contributed by atoms with van der Waals surface area (Å²) in [6.45, 7) is 1.82. The third kappa shape index (κ3) is 22.7. The summed E-state index contributed by atoms with van der Waals surface area (Å²) < 4.78 is 0. The standard InChI is InChI=1S/C51H73N7O16/c59-41(28-40(51(73)74)14-15-44(61)62)27-39(50(71)72)7-3-4-16-52-49(70)42(26-35-10-11-36-5-1-2-6-38(36)25-35)54-48(69)37-12-8-34(9-13-37)29-53-43(60)30-55-17-19-56(31-45(63)64)21-23-58(33-47(67)68)24-22-57(20-18-55)32-46(65)66/h1-2,5-6,10-11,25,34,37,39-40,42H,3-4,7-9,12-24,26-33H2,(H,52,70)(H,53,60)(H,54,69)(H,61,62)(H,63,64)(H,65,66)(H,67,68)(H,71,72)(H,73,74).